The average Bonchev–Trinajstić information content (AvgIpc) is 2.23. The first-order valence-corrected chi connectivity index (χ1v) is 5.54. The van der Waals surface area contributed by atoms with Crippen LogP contribution in [0, 0.1) is 0 Å². The summed E-state index contributed by atoms with van der Waals surface area (Å²) in [5.74, 6) is -0.309. The lowest BCUT2D eigenvalue weighted by Crippen LogP contribution is -2.31. The number of aliphatic hydroxyl groups is 1. The van der Waals surface area contributed by atoms with Crippen molar-refractivity contribution in [2.45, 2.75) is 31.3 Å². The van der Waals surface area contributed by atoms with E-state index in [1.54, 1.807) is 6.07 Å². The largest absolute Gasteiger partial charge is 0.385 e. The summed E-state index contributed by atoms with van der Waals surface area (Å²) in [6.45, 7) is 0. The quantitative estimate of drug-likeness (QED) is 0.796. The molecule has 1 aliphatic carbocycles. The van der Waals surface area contributed by atoms with E-state index >= 15 is 0 Å². The maximum Gasteiger partial charge on any atom is 0.168 e. The van der Waals surface area contributed by atoms with Gasteiger partial charge in [0.1, 0.15) is 6.10 Å². The summed E-state index contributed by atoms with van der Waals surface area (Å²) in [5.41, 5.74) is 0.850. The standard InChI is InChI=1S/C12H13ClO2/c13-10-6-2-1-4-8(10)9-5-3-7-11(14)12(9)15/h1-2,4,6,9,11,14H,3,5,7H2/t9-,11?/m1/s1. The van der Waals surface area contributed by atoms with Gasteiger partial charge in [0.05, 0.1) is 0 Å². The van der Waals surface area contributed by atoms with E-state index in [1.165, 1.54) is 0 Å². The molecule has 2 rings (SSSR count). The molecule has 0 aromatic heterocycles. The fourth-order valence-corrected chi connectivity index (χ4v) is 2.37. The first-order valence-electron chi connectivity index (χ1n) is 5.16. The Bertz CT molecular complexity index is 376. The fourth-order valence-electron chi connectivity index (χ4n) is 2.10. The average molecular weight is 225 g/mol. The third kappa shape index (κ3) is 2.06. The molecule has 2 atom stereocenters. The molecule has 1 unspecified atom stereocenters. The van der Waals surface area contributed by atoms with Gasteiger partial charge in [-0.05, 0) is 30.9 Å². The molecular formula is C12H13ClO2. The number of halogens is 1. The molecule has 0 saturated heterocycles. The van der Waals surface area contributed by atoms with Gasteiger partial charge in [-0.15, -0.1) is 0 Å². The fraction of sp³-hybridized carbons (Fsp3) is 0.417. The summed E-state index contributed by atoms with van der Waals surface area (Å²) >= 11 is 6.04. The number of benzene rings is 1. The highest BCUT2D eigenvalue weighted by atomic mass is 35.5. The van der Waals surface area contributed by atoms with E-state index in [2.05, 4.69) is 0 Å². The number of aliphatic hydroxyl groups excluding tert-OH is 1. The minimum Gasteiger partial charge on any atom is -0.385 e. The number of Topliss-reactive ketones (excluding diaryl/α,β-unsaturated/α-hetero) is 1. The molecule has 1 aromatic rings. The van der Waals surface area contributed by atoms with E-state index in [4.69, 9.17) is 11.6 Å². The van der Waals surface area contributed by atoms with Crippen molar-refractivity contribution in [3.8, 4) is 0 Å². The van der Waals surface area contributed by atoms with E-state index in [9.17, 15) is 9.90 Å². The van der Waals surface area contributed by atoms with Crippen LogP contribution in [0.15, 0.2) is 24.3 Å². The number of rotatable bonds is 1. The minimum absolute atomic E-state index is 0.0886. The minimum atomic E-state index is -0.806. The van der Waals surface area contributed by atoms with Crippen LogP contribution < -0.4 is 0 Å². The van der Waals surface area contributed by atoms with Crippen LogP contribution >= 0.6 is 11.6 Å². The van der Waals surface area contributed by atoms with E-state index in [0.29, 0.717) is 11.4 Å². The Hall–Kier alpha value is -0.860. The zero-order valence-corrected chi connectivity index (χ0v) is 9.07. The Kier molecular flexibility index (Phi) is 3.08. The number of carbonyl (C=O) groups is 1. The van der Waals surface area contributed by atoms with Crippen LogP contribution in [0.1, 0.15) is 30.7 Å². The molecule has 1 aliphatic rings. The first kappa shape index (κ1) is 10.7. The predicted molar refractivity (Wildman–Crippen MR) is 59.1 cm³/mol. The highest BCUT2D eigenvalue weighted by molar-refractivity contribution is 6.31. The summed E-state index contributed by atoms with van der Waals surface area (Å²) in [6, 6.07) is 7.36. The normalized spacial score (nSPS) is 26.7. The van der Waals surface area contributed by atoms with Crippen molar-refractivity contribution < 1.29 is 9.90 Å². The van der Waals surface area contributed by atoms with Crippen LogP contribution in [0.4, 0.5) is 0 Å². The van der Waals surface area contributed by atoms with Crippen molar-refractivity contribution in [3.63, 3.8) is 0 Å². The lowest BCUT2D eigenvalue weighted by atomic mass is 9.81. The molecule has 1 aromatic carbocycles. The van der Waals surface area contributed by atoms with Crippen LogP contribution in [0.3, 0.4) is 0 Å². The van der Waals surface area contributed by atoms with Crippen molar-refractivity contribution in [2.24, 2.45) is 0 Å². The molecule has 0 heterocycles. The highest BCUT2D eigenvalue weighted by Gasteiger charge is 2.31. The summed E-state index contributed by atoms with van der Waals surface area (Å²) in [5, 5.41) is 10.1. The Morgan fingerprint density at radius 3 is 2.73 bits per heavy atom. The molecule has 80 valence electrons. The molecule has 0 bridgehead atoms. The van der Waals surface area contributed by atoms with Gasteiger partial charge in [-0.2, -0.15) is 0 Å². The first-order chi connectivity index (χ1) is 7.20. The lowest BCUT2D eigenvalue weighted by Gasteiger charge is -2.25. The number of ketones is 1. The topological polar surface area (TPSA) is 37.3 Å². The zero-order valence-electron chi connectivity index (χ0n) is 8.32. The zero-order chi connectivity index (χ0) is 10.8. The van der Waals surface area contributed by atoms with Crippen molar-refractivity contribution in [1.82, 2.24) is 0 Å². The maximum absolute atomic E-state index is 11.8. The summed E-state index contributed by atoms with van der Waals surface area (Å²) in [7, 11) is 0. The van der Waals surface area contributed by atoms with E-state index in [1.807, 2.05) is 18.2 Å². The van der Waals surface area contributed by atoms with Crippen molar-refractivity contribution in [1.29, 1.82) is 0 Å². The summed E-state index contributed by atoms with van der Waals surface area (Å²) in [6.07, 6.45) is 1.45. The van der Waals surface area contributed by atoms with Gasteiger partial charge in [0.2, 0.25) is 0 Å². The second-order valence-corrected chi connectivity index (χ2v) is 4.33. The molecule has 3 heteroatoms. The van der Waals surface area contributed by atoms with Gasteiger partial charge < -0.3 is 5.11 Å². The second-order valence-electron chi connectivity index (χ2n) is 3.92. The van der Waals surface area contributed by atoms with Gasteiger partial charge >= 0.3 is 0 Å². The van der Waals surface area contributed by atoms with E-state index < -0.39 is 6.10 Å². The third-order valence-electron chi connectivity index (χ3n) is 2.92. The van der Waals surface area contributed by atoms with E-state index in [-0.39, 0.29) is 11.7 Å². The van der Waals surface area contributed by atoms with Crippen LogP contribution in [-0.2, 0) is 4.79 Å². The van der Waals surface area contributed by atoms with Gasteiger partial charge in [0, 0.05) is 10.9 Å². The van der Waals surface area contributed by atoms with Crippen LogP contribution in [0.2, 0.25) is 5.02 Å². The van der Waals surface area contributed by atoms with Gasteiger partial charge in [-0.25, -0.2) is 0 Å². The van der Waals surface area contributed by atoms with Crippen LogP contribution in [-0.4, -0.2) is 17.0 Å². The molecular weight excluding hydrogens is 212 g/mol. The number of hydrogen-bond donors (Lipinski definition) is 1. The maximum atomic E-state index is 11.8. The smallest absolute Gasteiger partial charge is 0.168 e. The molecule has 0 aliphatic heterocycles. The van der Waals surface area contributed by atoms with Gasteiger partial charge in [0.25, 0.3) is 0 Å². The Morgan fingerprint density at radius 1 is 1.27 bits per heavy atom. The summed E-state index contributed by atoms with van der Waals surface area (Å²) in [4.78, 5) is 11.8. The third-order valence-corrected chi connectivity index (χ3v) is 3.27. The Labute approximate surface area is 93.9 Å². The van der Waals surface area contributed by atoms with Gasteiger partial charge in [-0.1, -0.05) is 29.8 Å². The molecule has 1 N–H and O–H groups in total. The van der Waals surface area contributed by atoms with Crippen molar-refractivity contribution in [2.75, 3.05) is 0 Å². The SMILES string of the molecule is O=C1C(O)CCC[C@@H]1c1ccccc1Cl. The van der Waals surface area contributed by atoms with E-state index in [0.717, 1.165) is 18.4 Å². The van der Waals surface area contributed by atoms with Crippen LogP contribution in [0.5, 0.6) is 0 Å². The molecule has 1 fully saturated rings. The highest BCUT2D eigenvalue weighted by Crippen LogP contribution is 2.33. The molecule has 15 heavy (non-hydrogen) atoms. The monoisotopic (exact) mass is 224 g/mol. The second kappa shape index (κ2) is 4.33. The summed E-state index contributed by atoms with van der Waals surface area (Å²) < 4.78 is 0. The van der Waals surface area contributed by atoms with Gasteiger partial charge in [-0.3, -0.25) is 4.79 Å². The molecule has 0 radical (unpaired) electrons. The molecule has 0 spiro atoms. The lowest BCUT2D eigenvalue weighted by molar-refractivity contribution is -0.131. The predicted octanol–water partition coefficient (Wildman–Crippen LogP) is 2.54. The molecule has 1 saturated carbocycles. The van der Waals surface area contributed by atoms with Crippen molar-refractivity contribution in [3.05, 3.63) is 34.9 Å². The number of carbonyl (C=O) groups excluding carboxylic acids is 1. The molecule has 0 amide bonds. The Morgan fingerprint density at radius 2 is 2.00 bits per heavy atom. The van der Waals surface area contributed by atoms with Crippen molar-refractivity contribution >= 4 is 17.4 Å². The Balaban J connectivity index is 2.30. The van der Waals surface area contributed by atoms with Crippen LogP contribution in [0.25, 0.3) is 0 Å². The molecule has 2 nitrogen and oxygen atoms in total. The van der Waals surface area contributed by atoms with Gasteiger partial charge in [0.15, 0.2) is 5.78 Å². The number of hydrogen-bond acceptors (Lipinski definition) is 2.